The number of nitrogens with one attached hydrogen (secondary N) is 1. The highest BCUT2D eigenvalue weighted by Gasteiger charge is 2.44. The van der Waals surface area contributed by atoms with Crippen molar-refractivity contribution < 1.29 is 12.8 Å². The molecular weight excluding hydrogens is 262 g/mol. The molecule has 1 N–H and O–H groups in total. The summed E-state index contributed by atoms with van der Waals surface area (Å²) in [5.41, 5.74) is 1.09. The minimum absolute atomic E-state index is 0. The zero-order valence-corrected chi connectivity index (χ0v) is 11.4. The third-order valence-corrected chi connectivity index (χ3v) is 4.07. The van der Waals surface area contributed by atoms with Gasteiger partial charge in [-0.1, -0.05) is 0 Å². The molecule has 1 aliphatic rings. The van der Waals surface area contributed by atoms with E-state index in [2.05, 4.69) is 5.32 Å². The molecule has 0 saturated heterocycles. The lowest BCUT2D eigenvalue weighted by Gasteiger charge is -2.14. The maximum Gasteiger partial charge on any atom is 0.148 e. The van der Waals surface area contributed by atoms with E-state index in [1.807, 2.05) is 6.07 Å². The predicted octanol–water partition coefficient (Wildman–Crippen LogP) is 1.62. The van der Waals surface area contributed by atoms with Crippen molar-refractivity contribution in [2.45, 2.75) is 19.4 Å². The molecule has 4 nitrogen and oxygen atoms in total. The molecule has 98 valence electrons. The van der Waals surface area contributed by atoms with Crippen LogP contribution in [0.1, 0.15) is 18.4 Å². The van der Waals surface area contributed by atoms with E-state index >= 15 is 0 Å². The number of hydrogen-bond donors (Lipinski definition) is 1. The quantitative estimate of drug-likeness (QED) is 0.860. The van der Waals surface area contributed by atoms with Gasteiger partial charge >= 0.3 is 0 Å². The molecule has 0 spiro atoms. The Kier molecular flexibility index (Phi) is 4.63. The number of rotatable bonds is 6. The monoisotopic (exact) mass is 279 g/mol. The fourth-order valence-corrected chi connectivity index (χ4v) is 3.47. The molecule has 0 bridgehead atoms. The summed E-state index contributed by atoms with van der Waals surface area (Å²) in [6.07, 6.45) is 6.67. The number of hydrogen-bond acceptors (Lipinski definition) is 4. The summed E-state index contributed by atoms with van der Waals surface area (Å²) < 4.78 is 27.4. The van der Waals surface area contributed by atoms with Gasteiger partial charge in [-0.15, -0.1) is 12.4 Å². The summed E-state index contributed by atoms with van der Waals surface area (Å²) in [6.45, 7) is 1.51. The maximum absolute atomic E-state index is 11.2. The Morgan fingerprint density at radius 1 is 1.47 bits per heavy atom. The lowest BCUT2D eigenvalue weighted by molar-refractivity contribution is 0.489. The van der Waals surface area contributed by atoms with Crippen LogP contribution in [0.4, 0.5) is 0 Å². The van der Waals surface area contributed by atoms with Gasteiger partial charge in [0.2, 0.25) is 0 Å². The Hall–Kier alpha value is -0.520. The second kappa shape index (κ2) is 5.42. The van der Waals surface area contributed by atoms with Gasteiger partial charge in [0.1, 0.15) is 9.84 Å². The summed E-state index contributed by atoms with van der Waals surface area (Å²) >= 11 is 0. The molecule has 2 rings (SSSR count). The van der Waals surface area contributed by atoms with Crippen molar-refractivity contribution in [1.82, 2.24) is 5.32 Å². The largest absolute Gasteiger partial charge is 0.472 e. The van der Waals surface area contributed by atoms with E-state index in [-0.39, 0.29) is 17.8 Å². The maximum atomic E-state index is 11.2. The van der Waals surface area contributed by atoms with Gasteiger partial charge in [0.15, 0.2) is 0 Å². The lowest BCUT2D eigenvalue weighted by atomic mass is 10.1. The van der Waals surface area contributed by atoms with Gasteiger partial charge in [-0.05, 0) is 24.3 Å². The standard InChI is InChI=1S/C11H17NO3S.ClH/c1-16(13,14)9-11(3-4-11)8-12-6-10-2-5-15-7-10;/h2,5,7,12H,3-4,6,8-9H2,1H3;1H. The van der Waals surface area contributed by atoms with Crippen molar-refractivity contribution in [2.75, 3.05) is 18.6 Å². The van der Waals surface area contributed by atoms with Crippen molar-refractivity contribution in [3.05, 3.63) is 24.2 Å². The zero-order valence-electron chi connectivity index (χ0n) is 9.81. The Bertz CT molecular complexity index is 437. The third kappa shape index (κ3) is 4.69. The normalized spacial score (nSPS) is 17.5. The van der Waals surface area contributed by atoms with E-state index in [9.17, 15) is 8.42 Å². The van der Waals surface area contributed by atoms with Gasteiger partial charge in [0.05, 0.1) is 18.3 Å². The van der Waals surface area contributed by atoms with E-state index in [1.54, 1.807) is 12.5 Å². The highest BCUT2D eigenvalue weighted by atomic mass is 35.5. The Balaban J connectivity index is 0.00000144. The predicted molar refractivity (Wildman–Crippen MR) is 69.0 cm³/mol. The molecule has 0 atom stereocenters. The van der Waals surface area contributed by atoms with Crippen LogP contribution in [-0.2, 0) is 16.4 Å². The molecule has 0 aliphatic heterocycles. The molecule has 1 aromatic rings. The molecular formula is C11H18ClNO3S. The average molecular weight is 280 g/mol. The first-order valence-corrected chi connectivity index (χ1v) is 7.45. The summed E-state index contributed by atoms with van der Waals surface area (Å²) in [5, 5.41) is 3.29. The van der Waals surface area contributed by atoms with Crippen LogP contribution in [0.15, 0.2) is 23.0 Å². The SMILES string of the molecule is CS(=O)(=O)CC1(CNCc2ccoc2)CC1.Cl. The van der Waals surface area contributed by atoms with Gasteiger partial charge in [-0.3, -0.25) is 0 Å². The molecule has 0 radical (unpaired) electrons. The molecule has 0 unspecified atom stereocenters. The van der Waals surface area contributed by atoms with Crippen LogP contribution in [0.2, 0.25) is 0 Å². The van der Waals surface area contributed by atoms with Crippen molar-refractivity contribution in [3.8, 4) is 0 Å². The molecule has 1 fully saturated rings. The fourth-order valence-electron chi connectivity index (χ4n) is 1.97. The topological polar surface area (TPSA) is 59.3 Å². The molecule has 1 heterocycles. The number of furan rings is 1. The van der Waals surface area contributed by atoms with Gasteiger partial charge in [-0.25, -0.2) is 8.42 Å². The van der Waals surface area contributed by atoms with E-state index < -0.39 is 9.84 Å². The highest BCUT2D eigenvalue weighted by Crippen LogP contribution is 2.46. The van der Waals surface area contributed by atoms with Gasteiger partial charge in [0.25, 0.3) is 0 Å². The minimum atomic E-state index is -2.86. The molecule has 0 aromatic carbocycles. The van der Waals surface area contributed by atoms with Crippen LogP contribution in [0, 0.1) is 5.41 Å². The first kappa shape index (κ1) is 14.5. The highest BCUT2D eigenvalue weighted by molar-refractivity contribution is 7.90. The Morgan fingerprint density at radius 3 is 2.65 bits per heavy atom. The van der Waals surface area contributed by atoms with E-state index in [0.29, 0.717) is 5.75 Å². The van der Waals surface area contributed by atoms with Crippen LogP contribution in [-0.4, -0.2) is 27.0 Å². The first-order chi connectivity index (χ1) is 7.49. The average Bonchev–Trinajstić information content (AvgIpc) is 2.72. The zero-order chi connectivity index (χ0) is 11.6. The van der Waals surface area contributed by atoms with Crippen molar-refractivity contribution >= 4 is 22.2 Å². The number of sulfone groups is 1. The molecule has 1 aliphatic carbocycles. The van der Waals surface area contributed by atoms with Crippen molar-refractivity contribution in [1.29, 1.82) is 0 Å². The second-order valence-corrected chi connectivity index (χ2v) is 6.95. The summed E-state index contributed by atoms with van der Waals surface area (Å²) in [7, 11) is -2.86. The molecule has 17 heavy (non-hydrogen) atoms. The van der Waals surface area contributed by atoms with Crippen LogP contribution in [0.25, 0.3) is 0 Å². The minimum Gasteiger partial charge on any atom is -0.472 e. The van der Waals surface area contributed by atoms with E-state index in [1.165, 1.54) is 6.26 Å². The van der Waals surface area contributed by atoms with Crippen LogP contribution in [0.3, 0.4) is 0 Å². The van der Waals surface area contributed by atoms with Gasteiger partial charge < -0.3 is 9.73 Å². The molecule has 1 aromatic heterocycles. The van der Waals surface area contributed by atoms with E-state index in [4.69, 9.17) is 4.42 Å². The van der Waals surface area contributed by atoms with Gasteiger partial charge in [0, 0.05) is 24.9 Å². The second-order valence-electron chi connectivity index (χ2n) is 4.81. The number of halogens is 1. The lowest BCUT2D eigenvalue weighted by Crippen LogP contribution is -2.28. The third-order valence-electron chi connectivity index (χ3n) is 2.93. The first-order valence-electron chi connectivity index (χ1n) is 5.39. The van der Waals surface area contributed by atoms with E-state index in [0.717, 1.165) is 31.5 Å². The van der Waals surface area contributed by atoms with Crippen LogP contribution < -0.4 is 5.32 Å². The summed E-state index contributed by atoms with van der Waals surface area (Å²) in [4.78, 5) is 0. The summed E-state index contributed by atoms with van der Waals surface area (Å²) in [6, 6.07) is 1.91. The smallest absolute Gasteiger partial charge is 0.148 e. The van der Waals surface area contributed by atoms with Crippen molar-refractivity contribution in [3.63, 3.8) is 0 Å². The molecule has 0 amide bonds. The molecule has 6 heteroatoms. The Labute approximate surface area is 108 Å². The van der Waals surface area contributed by atoms with Crippen molar-refractivity contribution in [2.24, 2.45) is 5.41 Å². The Morgan fingerprint density at radius 2 is 2.18 bits per heavy atom. The molecule has 1 saturated carbocycles. The fraction of sp³-hybridized carbons (Fsp3) is 0.636. The van der Waals surface area contributed by atoms with Gasteiger partial charge in [-0.2, -0.15) is 0 Å². The summed E-state index contributed by atoms with van der Waals surface area (Å²) in [5.74, 6) is 0.304. The van der Waals surface area contributed by atoms with Crippen LogP contribution >= 0.6 is 12.4 Å². The van der Waals surface area contributed by atoms with Crippen LogP contribution in [0.5, 0.6) is 0 Å².